The van der Waals surface area contributed by atoms with Gasteiger partial charge in [0.05, 0.1) is 11.3 Å². The number of nitrogens with zero attached hydrogens (tertiary/aromatic N) is 1. The van der Waals surface area contributed by atoms with Crippen molar-refractivity contribution in [2.45, 2.75) is 47.9 Å². The number of fused-ring (bicyclic) bond motifs is 1. The van der Waals surface area contributed by atoms with Crippen LogP contribution in [0.15, 0.2) is 71.6 Å². The molecule has 0 radical (unpaired) electrons. The first-order valence-electron chi connectivity index (χ1n) is 13.2. The van der Waals surface area contributed by atoms with Crippen LogP contribution in [-0.2, 0) is 30.6 Å². The first-order valence-corrected chi connectivity index (χ1v) is 14.7. The first-order chi connectivity index (χ1) is 19.4. The Kier molecular flexibility index (Phi) is 10.3. The van der Waals surface area contributed by atoms with Gasteiger partial charge in [-0.3, -0.25) is 19.8 Å². The summed E-state index contributed by atoms with van der Waals surface area (Å²) >= 11 is 0. The summed E-state index contributed by atoms with van der Waals surface area (Å²) in [5.41, 5.74) is 12.8. The van der Waals surface area contributed by atoms with E-state index in [1.165, 1.54) is 12.1 Å². The highest BCUT2D eigenvalue weighted by Gasteiger charge is 2.51. The van der Waals surface area contributed by atoms with Crippen LogP contribution in [0.4, 0.5) is 0 Å². The van der Waals surface area contributed by atoms with Gasteiger partial charge in [0, 0.05) is 25.1 Å². The number of piperidine rings is 1. The Bertz CT molecular complexity index is 1590. The summed E-state index contributed by atoms with van der Waals surface area (Å²) in [5, 5.41) is 21.0. The van der Waals surface area contributed by atoms with Crippen molar-refractivity contribution in [2.24, 2.45) is 11.5 Å². The molecule has 2 amide bonds. The highest BCUT2D eigenvalue weighted by molar-refractivity contribution is 7.93. The third-order valence-corrected chi connectivity index (χ3v) is 9.45. The molecule has 1 aliphatic rings. The highest BCUT2D eigenvalue weighted by Crippen LogP contribution is 2.28. The zero-order valence-electron chi connectivity index (χ0n) is 22.8. The van der Waals surface area contributed by atoms with Crippen molar-refractivity contribution < 1.29 is 27.9 Å². The van der Waals surface area contributed by atoms with Crippen LogP contribution in [-0.4, -0.2) is 66.0 Å². The number of carbonyl (C=O) groups is 3. The van der Waals surface area contributed by atoms with E-state index in [9.17, 15) is 27.9 Å². The lowest BCUT2D eigenvalue weighted by Gasteiger charge is -2.33. The van der Waals surface area contributed by atoms with Gasteiger partial charge in [0.15, 0.2) is 0 Å². The fourth-order valence-electron chi connectivity index (χ4n) is 4.94. The van der Waals surface area contributed by atoms with E-state index in [0.717, 1.165) is 24.6 Å². The molecule has 1 heterocycles. The van der Waals surface area contributed by atoms with Gasteiger partial charge in [-0.2, -0.15) is 0 Å². The number of nitrogens with two attached hydrogens (primary N) is 2. The molecule has 4 rings (SSSR count). The van der Waals surface area contributed by atoms with Crippen molar-refractivity contribution in [2.75, 3.05) is 13.1 Å². The number of rotatable bonds is 10. The van der Waals surface area contributed by atoms with Gasteiger partial charge in [-0.1, -0.05) is 54.6 Å². The summed E-state index contributed by atoms with van der Waals surface area (Å²) < 4.78 is 27.6. The predicted octanol–water partition coefficient (Wildman–Crippen LogP) is 2.19. The summed E-state index contributed by atoms with van der Waals surface area (Å²) in [6.45, 7) is 0.958. The highest BCUT2D eigenvalue weighted by atomic mass is 35.5. The van der Waals surface area contributed by atoms with Crippen LogP contribution in [0.5, 0.6) is 0 Å². The van der Waals surface area contributed by atoms with Crippen LogP contribution in [0.3, 0.4) is 0 Å². The fourth-order valence-corrected chi connectivity index (χ4v) is 6.50. The molecule has 0 saturated carbocycles. The zero-order valence-corrected chi connectivity index (χ0v) is 24.4. The van der Waals surface area contributed by atoms with Crippen molar-refractivity contribution in [1.29, 1.82) is 5.41 Å². The molecule has 3 aromatic carbocycles. The molecule has 0 bridgehead atoms. The Balaban J connectivity index is 0.00000484. The average Bonchev–Trinajstić information content (AvgIpc) is 2.96. The number of carboxylic acid groups (broad SMARTS) is 1. The first kappa shape index (κ1) is 32.5. The molecule has 13 heteroatoms. The monoisotopic (exact) mass is 615 g/mol. The lowest BCUT2D eigenvalue weighted by Crippen LogP contribution is -2.63. The summed E-state index contributed by atoms with van der Waals surface area (Å²) in [5.74, 6) is -3.43. The normalized spacial score (nSPS) is 15.6. The van der Waals surface area contributed by atoms with Crippen molar-refractivity contribution in [3.63, 3.8) is 0 Å². The molecule has 0 spiro atoms. The standard InChI is InChI=1S/C29H33N5O6S.ClH/c30-26(31)21-10-8-19(9-11-21)16-24(27(37)34-14-4-1-5-15-34)33-28(38)29(32,18-25(35)36)41(39,40)23-13-12-20-6-2-3-7-22(20)17-23;/h2-3,6-13,17,24H,1,4-5,14-16,18,32H2,(H3,30,31)(H,33,38)(H,35,36);1H/t24-,29+;/m0./s1. The van der Waals surface area contributed by atoms with Gasteiger partial charge in [0.25, 0.3) is 5.91 Å². The number of likely N-dealkylation sites (tertiary alicyclic amines) is 1. The van der Waals surface area contributed by atoms with E-state index in [-0.39, 0.29) is 29.6 Å². The number of nitrogen functional groups attached to an aromatic ring is 1. The van der Waals surface area contributed by atoms with Crippen LogP contribution >= 0.6 is 12.4 Å². The Morgan fingerprint density at radius 1 is 0.976 bits per heavy atom. The van der Waals surface area contributed by atoms with Crippen LogP contribution in [0.1, 0.15) is 36.8 Å². The Morgan fingerprint density at radius 2 is 1.60 bits per heavy atom. The lowest BCUT2D eigenvalue weighted by molar-refractivity contribution is -0.141. The minimum atomic E-state index is -4.75. The van der Waals surface area contributed by atoms with Crippen molar-refractivity contribution >= 4 is 56.6 Å². The third-order valence-electron chi connectivity index (χ3n) is 7.28. The smallest absolute Gasteiger partial charge is 0.306 e. The van der Waals surface area contributed by atoms with Crippen molar-refractivity contribution in [3.05, 3.63) is 77.9 Å². The van der Waals surface area contributed by atoms with Crippen LogP contribution < -0.4 is 16.8 Å². The summed E-state index contributed by atoms with van der Waals surface area (Å²) in [4.78, 5) is 37.5. The average molecular weight is 616 g/mol. The van der Waals surface area contributed by atoms with E-state index < -0.39 is 45.0 Å². The number of hydrogen-bond donors (Lipinski definition) is 5. The van der Waals surface area contributed by atoms with E-state index >= 15 is 0 Å². The van der Waals surface area contributed by atoms with Gasteiger partial charge < -0.3 is 26.8 Å². The molecule has 1 fully saturated rings. The van der Waals surface area contributed by atoms with Gasteiger partial charge in [0.2, 0.25) is 20.6 Å². The maximum Gasteiger partial charge on any atom is 0.306 e. The second-order valence-electron chi connectivity index (χ2n) is 10.2. The molecule has 224 valence electrons. The van der Waals surface area contributed by atoms with Crippen molar-refractivity contribution in [1.82, 2.24) is 10.2 Å². The van der Waals surface area contributed by atoms with Crippen molar-refractivity contribution in [3.8, 4) is 0 Å². The molecule has 2 atom stereocenters. The van der Waals surface area contributed by atoms with Gasteiger partial charge >= 0.3 is 5.97 Å². The molecule has 0 unspecified atom stereocenters. The number of nitrogens with one attached hydrogen (secondary N) is 2. The maximum absolute atomic E-state index is 13.8. The molecule has 42 heavy (non-hydrogen) atoms. The van der Waals surface area contributed by atoms with Gasteiger partial charge in [-0.05, 0) is 47.7 Å². The fraction of sp³-hybridized carbons (Fsp3) is 0.310. The van der Waals surface area contributed by atoms with E-state index in [1.807, 2.05) is 0 Å². The summed E-state index contributed by atoms with van der Waals surface area (Å²) in [6.07, 6.45) is 1.30. The van der Waals surface area contributed by atoms with Crippen LogP contribution in [0.2, 0.25) is 0 Å². The second-order valence-corrected chi connectivity index (χ2v) is 12.4. The maximum atomic E-state index is 13.8. The number of aliphatic carboxylic acids is 1. The van der Waals surface area contributed by atoms with Gasteiger partial charge in [-0.25, -0.2) is 8.42 Å². The van der Waals surface area contributed by atoms with Gasteiger partial charge in [-0.15, -0.1) is 12.4 Å². The molecule has 7 N–H and O–H groups in total. The number of carboxylic acids is 1. The van der Waals surface area contributed by atoms with Crippen LogP contribution in [0.25, 0.3) is 10.8 Å². The Morgan fingerprint density at radius 3 is 2.19 bits per heavy atom. The Hall–Kier alpha value is -4.00. The number of carbonyl (C=O) groups excluding carboxylic acids is 2. The van der Waals surface area contributed by atoms with Crippen LogP contribution in [0, 0.1) is 5.41 Å². The third kappa shape index (κ3) is 6.89. The molecular formula is C29H34ClN5O6S. The van der Waals surface area contributed by atoms with E-state index in [2.05, 4.69) is 5.32 Å². The second kappa shape index (κ2) is 13.3. The van der Waals surface area contributed by atoms with E-state index in [4.69, 9.17) is 16.9 Å². The lowest BCUT2D eigenvalue weighted by atomic mass is 10.0. The molecule has 1 saturated heterocycles. The molecule has 0 aliphatic carbocycles. The van der Waals surface area contributed by atoms with E-state index in [1.54, 1.807) is 59.5 Å². The molecule has 1 aliphatic heterocycles. The number of amides is 2. The Labute approximate surface area is 250 Å². The van der Waals surface area contributed by atoms with E-state index in [0.29, 0.717) is 29.6 Å². The largest absolute Gasteiger partial charge is 0.481 e. The van der Waals surface area contributed by atoms with Gasteiger partial charge in [0.1, 0.15) is 11.9 Å². The number of sulfone groups is 1. The number of hydrogen-bond acceptors (Lipinski definition) is 7. The molecular weight excluding hydrogens is 582 g/mol. The molecule has 3 aromatic rings. The number of halogens is 1. The quantitative estimate of drug-likeness (QED) is 0.169. The topological polar surface area (TPSA) is 197 Å². The number of amidine groups is 1. The zero-order chi connectivity index (χ0) is 29.8. The SMILES string of the molecule is Cl.N=C(N)c1ccc(C[C@H](NC(=O)[C@@](N)(CC(=O)O)S(=O)(=O)c2ccc3ccccc3c2)C(=O)N2CCCCC2)cc1. The summed E-state index contributed by atoms with van der Waals surface area (Å²) in [6, 6.07) is 16.4. The predicted molar refractivity (Wildman–Crippen MR) is 161 cm³/mol. The minimum absolute atomic E-state index is 0. The minimum Gasteiger partial charge on any atom is -0.481 e. The summed E-state index contributed by atoms with van der Waals surface area (Å²) in [7, 11) is -4.75. The number of benzene rings is 3. The molecule has 11 nitrogen and oxygen atoms in total. The molecule has 0 aromatic heterocycles.